The van der Waals surface area contributed by atoms with E-state index in [0.29, 0.717) is 25.1 Å². The lowest BCUT2D eigenvalue weighted by atomic mass is 9.90. The topological polar surface area (TPSA) is 60.8 Å². The van der Waals surface area contributed by atoms with E-state index in [2.05, 4.69) is 0 Å². The van der Waals surface area contributed by atoms with Gasteiger partial charge in [0, 0.05) is 18.2 Å². The van der Waals surface area contributed by atoms with Crippen LogP contribution in [0.2, 0.25) is 0 Å². The zero-order chi connectivity index (χ0) is 14.2. The van der Waals surface area contributed by atoms with E-state index in [9.17, 15) is 19.4 Å². The largest absolute Gasteiger partial charge is 0.508 e. The Balaban J connectivity index is 2.20. The number of benzene rings is 1. The minimum absolute atomic E-state index is 0.0397. The number of phenolic OH excluding ortho intramolecular Hbond substituents is 1. The van der Waals surface area contributed by atoms with Gasteiger partial charge in [0.15, 0.2) is 0 Å². The highest BCUT2D eigenvalue weighted by Gasteiger charge is 2.42. The molecule has 2 rings (SSSR count). The van der Waals surface area contributed by atoms with Crippen molar-refractivity contribution in [2.75, 3.05) is 13.1 Å². The summed E-state index contributed by atoms with van der Waals surface area (Å²) in [6.07, 6.45) is 0.558. The normalized spacial score (nSPS) is 25.4. The summed E-state index contributed by atoms with van der Waals surface area (Å²) in [5.41, 5.74) is -0.272. The number of halogens is 1. The van der Waals surface area contributed by atoms with E-state index in [-0.39, 0.29) is 11.8 Å². The Hall–Kier alpha value is -1.62. The first-order valence-corrected chi connectivity index (χ1v) is 6.29. The zero-order valence-electron chi connectivity index (χ0n) is 11.1. The quantitative estimate of drug-likeness (QED) is 0.882. The van der Waals surface area contributed by atoms with E-state index in [1.54, 1.807) is 6.92 Å². The molecule has 4 nitrogen and oxygen atoms in total. The van der Waals surface area contributed by atoms with Gasteiger partial charge in [-0.1, -0.05) is 0 Å². The SMILES string of the molecule is CC(c1cc(F)ccc1O)N1CCC(C)(C(=O)O)C1. The van der Waals surface area contributed by atoms with Gasteiger partial charge in [-0.05, 0) is 45.0 Å². The lowest BCUT2D eigenvalue weighted by Crippen LogP contribution is -2.33. The van der Waals surface area contributed by atoms with Crippen molar-refractivity contribution in [3.63, 3.8) is 0 Å². The molecule has 0 amide bonds. The van der Waals surface area contributed by atoms with Crippen molar-refractivity contribution >= 4 is 5.97 Å². The average molecular weight is 267 g/mol. The third-order valence-corrected chi connectivity index (χ3v) is 4.01. The molecule has 1 heterocycles. The maximum absolute atomic E-state index is 13.3. The fourth-order valence-electron chi connectivity index (χ4n) is 2.56. The molecule has 104 valence electrons. The van der Waals surface area contributed by atoms with Crippen LogP contribution in [0.1, 0.15) is 31.9 Å². The second-order valence-electron chi connectivity index (χ2n) is 5.47. The first kappa shape index (κ1) is 13.8. The molecule has 0 saturated carbocycles. The number of aliphatic carboxylic acids is 1. The van der Waals surface area contributed by atoms with Crippen LogP contribution in [0.15, 0.2) is 18.2 Å². The van der Waals surface area contributed by atoms with E-state index in [4.69, 9.17) is 0 Å². The zero-order valence-corrected chi connectivity index (χ0v) is 11.1. The summed E-state index contributed by atoms with van der Waals surface area (Å²) < 4.78 is 13.3. The van der Waals surface area contributed by atoms with Crippen molar-refractivity contribution < 1.29 is 19.4 Å². The molecule has 1 fully saturated rings. The number of hydrogen-bond acceptors (Lipinski definition) is 3. The minimum atomic E-state index is -0.814. The third kappa shape index (κ3) is 2.56. The Morgan fingerprint density at radius 3 is 2.79 bits per heavy atom. The van der Waals surface area contributed by atoms with Crippen molar-refractivity contribution in [3.05, 3.63) is 29.6 Å². The van der Waals surface area contributed by atoms with Crippen molar-refractivity contribution in [3.8, 4) is 5.75 Å². The molecule has 2 atom stereocenters. The first-order chi connectivity index (χ1) is 8.83. The Labute approximate surface area is 111 Å². The lowest BCUT2D eigenvalue weighted by molar-refractivity contribution is -0.147. The molecule has 1 aromatic carbocycles. The highest BCUT2D eigenvalue weighted by atomic mass is 19.1. The van der Waals surface area contributed by atoms with Gasteiger partial charge in [0.2, 0.25) is 0 Å². The predicted molar refractivity (Wildman–Crippen MR) is 68.4 cm³/mol. The van der Waals surface area contributed by atoms with Crippen molar-refractivity contribution in [2.45, 2.75) is 26.3 Å². The number of likely N-dealkylation sites (tertiary alicyclic amines) is 1. The van der Waals surface area contributed by atoms with Gasteiger partial charge >= 0.3 is 5.97 Å². The van der Waals surface area contributed by atoms with Crippen LogP contribution in [0.5, 0.6) is 5.75 Å². The number of nitrogens with zero attached hydrogens (tertiary/aromatic N) is 1. The molecular weight excluding hydrogens is 249 g/mol. The molecule has 1 aliphatic rings. The van der Waals surface area contributed by atoms with Crippen LogP contribution < -0.4 is 0 Å². The molecule has 0 aromatic heterocycles. The minimum Gasteiger partial charge on any atom is -0.508 e. The van der Waals surface area contributed by atoms with E-state index in [0.717, 1.165) is 0 Å². The Morgan fingerprint density at radius 1 is 1.53 bits per heavy atom. The fraction of sp³-hybridized carbons (Fsp3) is 0.500. The van der Waals surface area contributed by atoms with Gasteiger partial charge in [-0.2, -0.15) is 0 Å². The van der Waals surface area contributed by atoms with Gasteiger partial charge in [0.05, 0.1) is 5.41 Å². The summed E-state index contributed by atoms with van der Waals surface area (Å²) in [7, 11) is 0. The molecule has 2 unspecified atom stereocenters. The summed E-state index contributed by atoms with van der Waals surface area (Å²) >= 11 is 0. The molecule has 2 N–H and O–H groups in total. The van der Waals surface area contributed by atoms with E-state index in [1.165, 1.54) is 18.2 Å². The van der Waals surface area contributed by atoms with Gasteiger partial charge < -0.3 is 10.2 Å². The molecule has 0 bridgehead atoms. The number of rotatable bonds is 3. The smallest absolute Gasteiger partial charge is 0.310 e. The van der Waals surface area contributed by atoms with Crippen LogP contribution in [0.25, 0.3) is 0 Å². The molecule has 0 aliphatic carbocycles. The molecule has 5 heteroatoms. The van der Waals surface area contributed by atoms with Crippen LogP contribution in [0.4, 0.5) is 4.39 Å². The number of carboxylic acids is 1. The fourth-order valence-corrected chi connectivity index (χ4v) is 2.56. The van der Waals surface area contributed by atoms with E-state index >= 15 is 0 Å². The van der Waals surface area contributed by atoms with Gasteiger partial charge in [-0.15, -0.1) is 0 Å². The van der Waals surface area contributed by atoms with Gasteiger partial charge in [0.25, 0.3) is 0 Å². The van der Waals surface area contributed by atoms with Crippen molar-refractivity contribution in [2.24, 2.45) is 5.41 Å². The molecule has 0 spiro atoms. The monoisotopic (exact) mass is 267 g/mol. The Morgan fingerprint density at radius 2 is 2.21 bits per heavy atom. The summed E-state index contributed by atoms with van der Waals surface area (Å²) in [6.45, 7) is 4.59. The maximum Gasteiger partial charge on any atom is 0.310 e. The maximum atomic E-state index is 13.3. The molecule has 19 heavy (non-hydrogen) atoms. The van der Waals surface area contributed by atoms with Crippen molar-refractivity contribution in [1.82, 2.24) is 4.90 Å². The number of carbonyl (C=O) groups is 1. The predicted octanol–water partition coefficient (Wildman–Crippen LogP) is 2.39. The van der Waals surface area contributed by atoms with Gasteiger partial charge in [-0.3, -0.25) is 9.69 Å². The molecule has 0 radical (unpaired) electrons. The van der Waals surface area contributed by atoms with E-state index in [1.807, 2.05) is 11.8 Å². The van der Waals surface area contributed by atoms with Crippen LogP contribution >= 0.6 is 0 Å². The average Bonchev–Trinajstić information content (AvgIpc) is 2.76. The Kier molecular flexibility index (Phi) is 3.49. The number of phenols is 1. The summed E-state index contributed by atoms with van der Waals surface area (Å²) in [6, 6.07) is 3.62. The van der Waals surface area contributed by atoms with Gasteiger partial charge in [-0.25, -0.2) is 4.39 Å². The number of carboxylic acid groups (broad SMARTS) is 1. The lowest BCUT2D eigenvalue weighted by Gasteiger charge is -2.26. The summed E-state index contributed by atoms with van der Waals surface area (Å²) in [4.78, 5) is 13.2. The van der Waals surface area contributed by atoms with E-state index < -0.39 is 17.2 Å². The van der Waals surface area contributed by atoms with Crippen LogP contribution in [-0.4, -0.2) is 34.2 Å². The van der Waals surface area contributed by atoms with Gasteiger partial charge in [0.1, 0.15) is 11.6 Å². The highest BCUT2D eigenvalue weighted by molar-refractivity contribution is 5.74. The summed E-state index contributed by atoms with van der Waals surface area (Å²) in [5.74, 6) is -1.18. The highest BCUT2D eigenvalue weighted by Crippen LogP contribution is 2.37. The van der Waals surface area contributed by atoms with Crippen LogP contribution in [0.3, 0.4) is 0 Å². The summed E-state index contributed by atoms with van der Waals surface area (Å²) in [5, 5.41) is 19.0. The Bertz CT molecular complexity index is 505. The third-order valence-electron chi connectivity index (χ3n) is 4.01. The van der Waals surface area contributed by atoms with Crippen LogP contribution in [0, 0.1) is 11.2 Å². The van der Waals surface area contributed by atoms with Crippen LogP contribution in [-0.2, 0) is 4.79 Å². The number of aromatic hydroxyl groups is 1. The first-order valence-electron chi connectivity index (χ1n) is 6.29. The molecular formula is C14H18FNO3. The van der Waals surface area contributed by atoms with Crippen molar-refractivity contribution in [1.29, 1.82) is 0 Å². The molecule has 1 saturated heterocycles. The molecule has 1 aromatic rings. The number of hydrogen-bond donors (Lipinski definition) is 2. The standard InChI is InChI=1S/C14H18FNO3/c1-9(11-7-10(15)3-4-12(11)17)16-6-5-14(2,8-16)13(18)19/h3-4,7,9,17H,5-6,8H2,1-2H3,(H,18,19). The second-order valence-corrected chi connectivity index (χ2v) is 5.47. The second kappa shape index (κ2) is 4.81. The molecule has 1 aliphatic heterocycles.